The second-order valence-electron chi connectivity index (χ2n) is 4.65. The molecule has 1 unspecified atom stereocenters. The van der Waals surface area contributed by atoms with Crippen molar-refractivity contribution in [3.63, 3.8) is 0 Å². The summed E-state index contributed by atoms with van der Waals surface area (Å²) in [5.74, 6) is 0.473. The molecule has 0 aromatic heterocycles. The molecule has 0 radical (unpaired) electrons. The van der Waals surface area contributed by atoms with E-state index in [9.17, 15) is 4.91 Å². The van der Waals surface area contributed by atoms with E-state index < -0.39 is 0 Å². The van der Waals surface area contributed by atoms with Gasteiger partial charge >= 0.3 is 0 Å². The van der Waals surface area contributed by atoms with Gasteiger partial charge in [0.25, 0.3) is 0 Å². The Morgan fingerprint density at radius 2 is 1.72 bits per heavy atom. The van der Waals surface area contributed by atoms with Gasteiger partial charge in [-0.05, 0) is 28.9 Å². The van der Waals surface area contributed by atoms with Gasteiger partial charge in [-0.15, -0.1) is 4.91 Å². The summed E-state index contributed by atoms with van der Waals surface area (Å²) in [6, 6.07) is 15.8. The summed E-state index contributed by atoms with van der Waals surface area (Å²) in [5, 5.41) is 3.12. The molecule has 0 spiro atoms. The van der Waals surface area contributed by atoms with E-state index in [-0.39, 0.29) is 0 Å². The summed E-state index contributed by atoms with van der Waals surface area (Å²) < 4.78 is 0. The van der Waals surface area contributed by atoms with Crippen molar-refractivity contribution in [2.24, 2.45) is 5.18 Å². The van der Waals surface area contributed by atoms with E-state index in [0.717, 1.165) is 12.2 Å². The van der Waals surface area contributed by atoms with Gasteiger partial charge < -0.3 is 4.90 Å². The van der Waals surface area contributed by atoms with Gasteiger partial charge in [0.15, 0.2) is 0 Å². The molecular formula is C15H14N2O. The fourth-order valence-corrected chi connectivity index (χ4v) is 2.62. The summed E-state index contributed by atoms with van der Waals surface area (Å²) in [6.07, 6.45) is 0. The van der Waals surface area contributed by atoms with Gasteiger partial charge in [-0.1, -0.05) is 37.3 Å². The Hall–Kier alpha value is -2.16. The van der Waals surface area contributed by atoms with Crippen LogP contribution >= 0.6 is 0 Å². The largest absolute Gasteiger partial charge is 0.339 e. The van der Waals surface area contributed by atoms with Crippen molar-refractivity contribution < 1.29 is 0 Å². The summed E-state index contributed by atoms with van der Waals surface area (Å²) >= 11 is 0. The highest BCUT2D eigenvalue weighted by molar-refractivity contribution is 5.78. The maximum atomic E-state index is 10.9. The van der Waals surface area contributed by atoms with Crippen molar-refractivity contribution >= 4 is 17.1 Å². The molecule has 1 heterocycles. The standard InChI is InChI=1S/C15H14N2O/c1-11-10-17(14-8-4-2-6-12(11)14)15-9-5-3-7-13(15)16-18/h2-9,11H,10H2,1H3. The van der Waals surface area contributed by atoms with Crippen LogP contribution in [-0.2, 0) is 0 Å². The fraction of sp³-hybridized carbons (Fsp3) is 0.200. The van der Waals surface area contributed by atoms with Crippen LogP contribution in [0.3, 0.4) is 0 Å². The maximum Gasteiger partial charge on any atom is 0.131 e. The third-order valence-electron chi connectivity index (χ3n) is 3.49. The number of anilines is 2. The molecule has 1 aliphatic rings. The van der Waals surface area contributed by atoms with Crippen molar-refractivity contribution in [3.8, 4) is 0 Å². The van der Waals surface area contributed by atoms with Crippen molar-refractivity contribution in [3.05, 3.63) is 59.0 Å². The number of fused-ring (bicyclic) bond motifs is 1. The molecule has 18 heavy (non-hydrogen) atoms. The van der Waals surface area contributed by atoms with Gasteiger partial charge in [-0.3, -0.25) is 0 Å². The quantitative estimate of drug-likeness (QED) is 0.729. The number of hydrogen-bond acceptors (Lipinski definition) is 3. The maximum absolute atomic E-state index is 10.9. The molecule has 3 heteroatoms. The summed E-state index contributed by atoms with van der Waals surface area (Å²) in [7, 11) is 0. The van der Waals surface area contributed by atoms with E-state index in [1.807, 2.05) is 24.3 Å². The number of benzene rings is 2. The van der Waals surface area contributed by atoms with Crippen molar-refractivity contribution in [2.75, 3.05) is 11.4 Å². The molecule has 1 atom stereocenters. The van der Waals surface area contributed by atoms with Crippen LogP contribution in [0.15, 0.2) is 53.7 Å². The lowest BCUT2D eigenvalue weighted by Crippen LogP contribution is -2.14. The topological polar surface area (TPSA) is 32.7 Å². The van der Waals surface area contributed by atoms with Crippen LogP contribution in [0.5, 0.6) is 0 Å². The number of rotatable bonds is 2. The zero-order chi connectivity index (χ0) is 12.5. The minimum absolute atomic E-state index is 0.473. The molecule has 0 N–H and O–H groups in total. The first-order chi connectivity index (χ1) is 8.81. The van der Waals surface area contributed by atoms with Crippen LogP contribution in [0.1, 0.15) is 18.4 Å². The van der Waals surface area contributed by atoms with Crippen LogP contribution in [0.4, 0.5) is 17.1 Å². The smallest absolute Gasteiger partial charge is 0.131 e. The predicted octanol–water partition coefficient (Wildman–Crippen LogP) is 4.34. The molecule has 1 aliphatic heterocycles. The van der Waals surface area contributed by atoms with Crippen molar-refractivity contribution in [1.29, 1.82) is 0 Å². The zero-order valence-electron chi connectivity index (χ0n) is 10.2. The van der Waals surface area contributed by atoms with Gasteiger partial charge in [0, 0.05) is 18.2 Å². The number of nitroso groups, excluding NO2 is 1. The van der Waals surface area contributed by atoms with E-state index in [0.29, 0.717) is 11.6 Å². The number of hydrogen-bond donors (Lipinski definition) is 0. The average molecular weight is 238 g/mol. The van der Waals surface area contributed by atoms with Crippen LogP contribution in [-0.4, -0.2) is 6.54 Å². The third-order valence-corrected chi connectivity index (χ3v) is 3.49. The zero-order valence-corrected chi connectivity index (χ0v) is 10.2. The van der Waals surface area contributed by atoms with Gasteiger partial charge in [-0.2, -0.15) is 0 Å². The highest BCUT2D eigenvalue weighted by Crippen LogP contribution is 2.43. The first-order valence-corrected chi connectivity index (χ1v) is 6.10. The highest BCUT2D eigenvalue weighted by atomic mass is 16.3. The predicted molar refractivity (Wildman–Crippen MR) is 73.8 cm³/mol. The summed E-state index contributed by atoms with van der Waals surface area (Å²) in [4.78, 5) is 13.1. The molecule has 90 valence electrons. The van der Waals surface area contributed by atoms with Crippen LogP contribution in [0.25, 0.3) is 0 Å². The number of para-hydroxylation sites is 2. The average Bonchev–Trinajstić information content (AvgIpc) is 2.77. The second-order valence-corrected chi connectivity index (χ2v) is 4.65. The first kappa shape index (κ1) is 11.0. The van der Waals surface area contributed by atoms with Gasteiger partial charge in [-0.25, -0.2) is 0 Å². The Kier molecular flexibility index (Phi) is 2.59. The van der Waals surface area contributed by atoms with Gasteiger partial charge in [0.2, 0.25) is 0 Å². The molecule has 0 saturated heterocycles. The highest BCUT2D eigenvalue weighted by Gasteiger charge is 2.27. The second kappa shape index (κ2) is 4.26. The molecule has 0 aliphatic carbocycles. The summed E-state index contributed by atoms with van der Waals surface area (Å²) in [5.41, 5.74) is 3.91. The molecule has 2 aromatic rings. The lowest BCUT2D eigenvalue weighted by molar-refractivity contribution is 0.813. The lowest BCUT2D eigenvalue weighted by atomic mass is 10.0. The Morgan fingerprint density at radius 1 is 1.06 bits per heavy atom. The Morgan fingerprint density at radius 3 is 2.50 bits per heavy atom. The van der Waals surface area contributed by atoms with Crippen molar-refractivity contribution in [1.82, 2.24) is 0 Å². The minimum Gasteiger partial charge on any atom is -0.339 e. The molecule has 0 saturated carbocycles. The van der Waals surface area contributed by atoms with E-state index in [1.165, 1.54) is 11.3 Å². The van der Waals surface area contributed by atoms with Gasteiger partial charge in [0.1, 0.15) is 5.69 Å². The normalized spacial score (nSPS) is 17.6. The molecule has 0 bridgehead atoms. The SMILES string of the molecule is CC1CN(c2ccccc2N=O)c2ccccc21. The fourth-order valence-electron chi connectivity index (χ4n) is 2.62. The molecule has 2 aromatic carbocycles. The van der Waals surface area contributed by atoms with Crippen LogP contribution in [0.2, 0.25) is 0 Å². The minimum atomic E-state index is 0.473. The first-order valence-electron chi connectivity index (χ1n) is 6.10. The van der Waals surface area contributed by atoms with E-state index in [1.54, 1.807) is 6.07 Å². The monoisotopic (exact) mass is 238 g/mol. The van der Waals surface area contributed by atoms with Crippen LogP contribution in [0, 0.1) is 4.91 Å². The molecule has 0 amide bonds. The number of nitrogens with zero attached hydrogens (tertiary/aromatic N) is 2. The Bertz CT molecular complexity index is 595. The Balaban J connectivity index is 2.12. The summed E-state index contributed by atoms with van der Waals surface area (Å²) in [6.45, 7) is 3.10. The van der Waals surface area contributed by atoms with Crippen molar-refractivity contribution in [2.45, 2.75) is 12.8 Å². The lowest BCUT2D eigenvalue weighted by Gasteiger charge is -2.20. The van der Waals surface area contributed by atoms with E-state index in [2.05, 4.69) is 35.2 Å². The molecular weight excluding hydrogens is 224 g/mol. The molecule has 3 nitrogen and oxygen atoms in total. The molecule has 3 rings (SSSR count). The van der Waals surface area contributed by atoms with Gasteiger partial charge in [0.05, 0.1) is 5.69 Å². The van der Waals surface area contributed by atoms with E-state index >= 15 is 0 Å². The molecule has 0 fully saturated rings. The van der Waals surface area contributed by atoms with Crippen LogP contribution < -0.4 is 4.90 Å². The Labute approximate surface area is 106 Å². The third kappa shape index (κ3) is 1.59. The van der Waals surface area contributed by atoms with E-state index in [4.69, 9.17) is 0 Å².